The molecule has 0 radical (unpaired) electrons. The molecule has 1 nitrogen and oxygen atoms in total. The lowest BCUT2D eigenvalue weighted by Crippen LogP contribution is -2.31. The molecule has 2 heteroatoms. The molecule has 4 aliphatic rings. The number of benzene rings is 4. The van der Waals surface area contributed by atoms with Gasteiger partial charge in [-0.05, 0) is 114 Å². The zero-order chi connectivity index (χ0) is 23.0. The molecule has 0 aliphatic heterocycles. The van der Waals surface area contributed by atoms with Crippen molar-refractivity contribution in [3.05, 3.63) is 96.6 Å². The van der Waals surface area contributed by atoms with E-state index in [0.29, 0.717) is 5.41 Å². The lowest BCUT2D eigenvalue weighted by atomic mass is 9.66. The van der Waals surface area contributed by atoms with Crippen LogP contribution in [-0.2, 0) is 5.41 Å². The van der Waals surface area contributed by atoms with Crippen LogP contribution in [0.25, 0.3) is 31.3 Å². The van der Waals surface area contributed by atoms with Gasteiger partial charge < -0.3 is 5.32 Å². The molecular weight excluding hydrogens is 442 g/mol. The Morgan fingerprint density at radius 2 is 1.40 bits per heavy atom. The average molecular weight is 472 g/mol. The molecule has 4 saturated carbocycles. The van der Waals surface area contributed by atoms with E-state index in [0.717, 1.165) is 23.4 Å². The van der Waals surface area contributed by atoms with E-state index in [1.165, 1.54) is 69.1 Å². The lowest BCUT2D eigenvalue weighted by molar-refractivity contribution is 0.229. The van der Waals surface area contributed by atoms with Crippen LogP contribution in [0.4, 0.5) is 11.4 Å². The molecule has 172 valence electrons. The highest BCUT2D eigenvalue weighted by Crippen LogP contribution is 2.64. The summed E-state index contributed by atoms with van der Waals surface area (Å²) in [6.45, 7) is 0. The van der Waals surface area contributed by atoms with Crippen LogP contribution in [0.3, 0.4) is 0 Å². The summed E-state index contributed by atoms with van der Waals surface area (Å²) in [7, 11) is 0. The molecule has 0 saturated heterocycles. The summed E-state index contributed by atoms with van der Waals surface area (Å²) in [5.74, 6) is 3.00. The molecule has 0 amide bonds. The first-order valence-electron chi connectivity index (χ1n) is 13.1. The zero-order valence-electron chi connectivity index (χ0n) is 19.8. The van der Waals surface area contributed by atoms with Crippen molar-refractivity contribution in [2.75, 3.05) is 5.32 Å². The van der Waals surface area contributed by atoms with Crippen molar-refractivity contribution in [2.45, 2.75) is 37.5 Å². The van der Waals surface area contributed by atoms with Crippen LogP contribution in [-0.4, -0.2) is 0 Å². The van der Waals surface area contributed by atoms with Crippen LogP contribution >= 0.6 is 11.3 Å². The molecule has 1 N–H and O–H groups in total. The van der Waals surface area contributed by atoms with Crippen molar-refractivity contribution in [1.82, 2.24) is 0 Å². The Morgan fingerprint density at radius 1 is 0.629 bits per heavy atom. The maximum atomic E-state index is 3.69. The third-order valence-electron chi connectivity index (χ3n) is 9.28. The summed E-state index contributed by atoms with van der Waals surface area (Å²) in [6.07, 6.45) is 7.28. The van der Waals surface area contributed by atoms with Crippen molar-refractivity contribution < 1.29 is 0 Å². The van der Waals surface area contributed by atoms with Crippen molar-refractivity contribution in [2.24, 2.45) is 17.8 Å². The molecule has 35 heavy (non-hydrogen) atoms. The number of hydrogen-bond acceptors (Lipinski definition) is 2. The van der Waals surface area contributed by atoms with E-state index in [-0.39, 0.29) is 0 Å². The fourth-order valence-corrected chi connectivity index (χ4v) is 9.00. The van der Waals surface area contributed by atoms with Crippen LogP contribution < -0.4 is 5.32 Å². The van der Waals surface area contributed by atoms with Gasteiger partial charge in [0, 0.05) is 31.5 Å². The van der Waals surface area contributed by atoms with Gasteiger partial charge in [-0.1, -0.05) is 48.5 Å². The zero-order valence-corrected chi connectivity index (χ0v) is 20.7. The van der Waals surface area contributed by atoms with Gasteiger partial charge in [-0.2, -0.15) is 0 Å². The van der Waals surface area contributed by atoms with Gasteiger partial charge in [-0.3, -0.25) is 0 Å². The van der Waals surface area contributed by atoms with E-state index < -0.39 is 0 Å². The lowest BCUT2D eigenvalue weighted by Gasteiger charge is -2.39. The number of thiophene rings is 1. The minimum absolute atomic E-state index is 0.461. The Bertz CT molecular complexity index is 1560. The van der Waals surface area contributed by atoms with Crippen LogP contribution in [0.1, 0.15) is 37.7 Å². The van der Waals surface area contributed by atoms with Crippen LogP contribution in [0.15, 0.2) is 91.0 Å². The van der Waals surface area contributed by atoms with Crippen LogP contribution in [0.2, 0.25) is 0 Å². The quantitative estimate of drug-likeness (QED) is 0.275. The molecule has 2 unspecified atom stereocenters. The molecule has 9 rings (SSSR count). The predicted octanol–water partition coefficient (Wildman–Crippen LogP) is 9.54. The maximum absolute atomic E-state index is 3.69. The van der Waals surface area contributed by atoms with E-state index >= 15 is 0 Å². The van der Waals surface area contributed by atoms with Crippen molar-refractivity contribution in [3.63, 3.8) is 0 Å². The summed E-state index contributed by atoms with van der Waals surface area (Å²) in [5, 5.41) is 6.41. The predicted molar refractivity (Wildman–Crippen MR) is 150 cm³/mol. The Hall–Kier alpha value is -3.10. The summed E-state index contributed by atoms with van der Waals surface area (Å²) < 4.78 is 2.72. The maximum Gasteiger partial charge on any atom is 0.0387 e. The molecule has 1 aromatic heterocycles. The molecular formula is C33H29NS. The van der Waals surface area contributed by atoms with Crippen molar-refractivity contribution in [1.29, 1.82) is 0 Å². The monoisotopic (exact) mass is 471 g/mol. The van der Waals surface area contributed by atoms with E-state index in [4.69, 9.17) is 0 Å². The standard InChI is InChI=1S/C33H29NS/c1-2-7-31-29(6-1)30-16-23(10-13-32(30)35-31)22-8-11-27(12-9-22)34-28-5-3-4-26(17-28)33-18-21-14-24(19-33)25(15-21)20-33/h1-13,16-17,21,24-25,34H,14-15,18-20H2. The van der Waals surface area contributed by atoms with E-state index in [1.54, 1.807) is 5.56 Å². The van der Waals surface area contributed by atoms with E-state index in [1.807, 2.05) is 11.3 Å². The molecule has 4 bridgehead atoms. The second-order valence-corrected chi connectivity index (χ2v) is 12.4. The minimum atomic E-state index is 0.461. The Balaban J connectivity index is 1.06. The first-order chi connectivity index (χ1) is 17.2. The summed E-state index contributed by atoms with van der Waals surface area (Å²) >= 11 is 1.88. The molecule has 1 heterocycles. The smallest absolute Gasteiger partial charge is 0.0387 e. The number of hydrogen-bond donors (Lipinski definition) is 1. The van der Waals surface area contributed by atoms with Crippen LogP contribution in [0.5, 0.6) is 0 Å². The number of fused-ring (bicyclic) bond motifs is 3. The fourth-order valence-electron chi connectivity index (χ4n) is 7.91. The minimum Gasteiger partial charge on any atom is -0.356 e. The highest BCUT2D eigenvalue weighted by molar-refractivity contribution is 7.25. The fraction of sp³-hybridized carbons (Fsp3) is 0.273. The average Bonchev–Trinajstić information content (AvgIpc) is 3.49. The first kappa shape index (κ1) is 20.1. The molecule has 2 atom stereocenters. The third kappa shape index (κ3) is 3.19. The Labute approximate surface area is 210 Å². The molecule has 5 aromatic rings. The second kappa shape index (κ2) is 7.45. The normalized spacial score (nSPS) is 26.7. The Kier molecular flexibility index (Phi) is 4.28. The topological polar surface area (TPSA) is 12.0 Å². The number of rotatable bonds is 4. The van der Waals surface area contributed by atoms with E-state index in [9.17, 15) is 0 Å². The summed E-state index contributed by atoms with van der Waals surface area (Å²) in [4.78, 5) is 0. The van der Waals surface area contributed by atoms with Crippen molar-refractivity contribution >= 4 is 42.9 Å². The second-order valence-electron chi connectivity index (χ2n) is 11.3. The molecule has 0 spiro atoms. The van der Waals surface area contributed by atoms with Gasteiger partial charge in [0.05, 0.1) is 0 Å². The van der Waals surface area contributed by atoms with Gasteiger partial charge in [0.1, 0.15) is 0 Å². The molecule has 4 aromatic carbocycles. The highest BCUT2D eigenvalue weighted by atomic mass is 32.1. The Morgan fingerprint density at radius 3 is 2.23 bits per heavy atom. The largest absolute Gasteiger partial charge is 0.356 e. The number of anilines is 2. The van der Waals surface area contributed by atoms with Gasteiger partial charge in [-0.25, -0.2) is 0 Å². The van der Waals surface area contributed by atoms with E-state index in [2.05, 4.69) is 96.3 Å². The highest BCUT2D eigenvalue weighted by Gasteiger charge is 2.56. The summed E-state index contributed by atoms with van der Waals surface area (Å²) in [5.41, 5.74) is 6.95. The van der Waals surface area contributed by atoms with Gasteiger partial charge in [-0.15, -0.1) is 11.3 Å². The molecule has 4 fully saturated rings. The van der Waals surface area contributed by atoms with Gasteiger partial charge >= 0.3 is 0 Å². The van der Waals surface area contributed by atoms with Gasteiger partial charge in [0.15, 0.2) is 0 Å². The summed E-state index contributed by atoms with van der Waals surface area (Å²) in [6, 6.07) is 33.8. The number of nitrogens with one attached hydrogen (secondary N) is 1. The van der Waals surface area contributed by atoms with Gasteiger partial charge in [0.25, 0.3) is 0 Å². The molecule has 4 aliphatic carbocycles. The third-order valence-corrected chi connectivity index (χ3v) is 10.4. The van der Waals surface area contributed by atoms with Crippen molar-refractivity contribution in [3.8, 4) is 11.1 Å². The van der Waals surface area contributed by atoms with Gasteiger partial charge in [0.2, 0.25) is 0 Å². The first-order valence-corrected chi connectivity index (χ1v) is 13.9. The SMILES string of the molecule is c1cc(Nc2ccc(-c3ccc4sc5ccccc5c4c3)cc2)cc(C23CC4CC(C2)C(C4)C3)c1. The van der Waals surface area contributed by atoms with Crippen LogP contribution in [0, 0.1) is 17.8 Å².